The topological polar surface area (TPSA) is 32.9 Å². The van der Waals surface area contributed by atoms with Crippen molar-refractivity contribution in [2.24, 2.45) is 5.92 Å². The molecule has 1 N–H and O–H groups in total. The molecule has 0 aliphatic heterocycles. The van der Waals surface area contributed by atoms with Crippen LogP contribution in [-0.4, -0.2) is 4.98 Å². The van der Waals surface area contributed by atoms with Gasteiger partial charge in [-0.3, -0.25) is 4.79 Å². The van der Waals surface area contributed by atoms with Gasteiger partial charge in [-0.05, 0) is 29.9 Å². The summed E-state index contributed by atoms with van der Waals surface area (Å²) in [4.78, 5) is 14.2. The maximum atomic E-state index is 11.4. The van der Waals surface area contributed by atoms with Crippen LogP contribution in [0.3, 0.4) is 0 Å². The van der Waals surface area contributed by atoms with Crippen LogP contribution in [0.2, 0.25) is 0 Å². The van der Waals surface area contributed by atoms with Gasteiger partial charge in [-0.15, -0.1) is 0 Å². The Bertz CT molecular complexity index is 350. The highest BCUT2D eigenvalue weighted by Crippen LogP contribution is 2.12. The van der Waals surface area contributed by atoms with Crippen molar-refractivity contribution in [2.45, 2.75) is 40.0 Å². The van der Waals surface area contributed by atoms with Crippen molar-refractivity contribution >= 4 is 0 Å². The van der Waals surface area contributed by atoms with Gasteiger partial charge in [0.1, 0.15) is 0 Å². The molecule has 2 nitrogen and oxygen atoms in total. The molecule has 1 rings (SSSR count). The molecule has 0 saturated carbocycles. The molecule has 0 aliphatic carbocycles. The van der Waals surface area contributed by atoms with Crippen molar-refractivity contribution in [2.75, 3.05) is 0 Å². The van der Waals surface area contributed by atoms with Gasteiger partial charge in [0.15, 0.2) is 0 Å². The molecule has 0 fully saturated rings. The molecule has 2 heteroatoms. The summed E-state index contributed by atoms with van der Waals surface area (Å²) < 4.78 is 0. The summed E-state index contributed by atoms with van der Waals surface area (Å²) in [6.45, 7) is 8.45. The van der Waals surface area contributed by atoms with E-state index in [9.17, 15) is 4.79 Å². The van der Waals surface area contributed by atoms with Gasteiger partial charge >= 0.3 is 0 Å². The zero-order valence-corrected chi connectivity index (χ0v) is 9.42. The molecule has 0 unspecified atom stereocenters. The van der Waals surface area contributed by atoms with Crippen molar-refractivity contribution in [3.63, 3.8) is 0 Å². The Hall–Kier alpha value is -1.05. The monoisotopic (exact) mass is 193 g/mol. The molecule has 0 spiro atoms. The first-order chi connectivity index (χ1) is 6.50. The fourth-order valence-electron chi connectivity index (χ4n) is 1.57. The van der Waals surface area contributed by atoms with E-state index in [4.69, 9.17) is 0 Å². The predicted molar refractivity (Wildman–Crippen MR) is 59.7 cm³/mol. The molecule has 0 amide bonds. The van der Waals surface area contributed by atoms with Gasteiger partial charge in [0.25, 0.3) is 5.56 Å². The summed E-state index contributed by atoms with van der Waals surface area (Å²) in [5.41, 5.74) is 2.17. The number of nitrogens with one attached hydrogen (secondary N) is 1. The number of pyridine rings is 1. The fourth-order valence-corrected chi connectivity index (χ4v) is 1.57. The van der Waals surface area contributed by atoms with Crippen LogP contribution in [0, 0.1) is 5.92 Å². The Labute approximate surface area is 85.4 Å². The normalized spacial score (nSPS) is 11.3. The van der Waals surface area contributed by atoms with Crippen LogP contribution in [0.5, 0.6) is 0 Å². The second kappa shape index (κ2) is 4.45. The standard InChI is InChI=1S/C12H19NO/c1-8(2)5-10-6-11(9(3)4)12(14)13-7-10/h6-9H,5H2,1-4H3,(H,13,14). The third-order valence-electron chi connectivity index (χ3n) is 2.26. The first-order valence-corrected chi connectivity index (χ1v) is 5.22. The summed E-state index contributed by atoms with van der Waals surface area (Å²) in [6.07, 6.45) is 2.85. The number of aromatic nitrogens is 1. The zero-order chi connectivity index (χ0) is 10.7. The van der Waals surface area contributed by atoms with E-state index >= 15 is 0 Å². The van der Waals surface area contributed by atoms with Gasteiger partial charge in [0.2, 0.25) is 0 Å². The second-order valence-corrected chi connectivity index (χ2v) is 4.55. The number of hydrogen-bond acceptors (Lipinski definition) is 1. The van der Waals surface area contributed by atoms with Gasteiger partial charge in [-0.1, -0.05) is 27.7 Å². The molecule has 1 aromatic heterocycles. The van der Waals surface area contributed by atoms with Crippen LogP contribution in [0.4, 0.5) is 0 Å². The second-order valence-electron chi connectivity index (χ2n) is 4.55. The Balaban J connectivity index is 3.01. The molecule has 1 heterocycles. The first kappa shape index (κ1) is 11.0. The highest BCUT2D eigenvalue weighted by Gasteiger charge is 2.06. The van der Waals surface area contributed by atoms with Crippen LogP contribution in [0.25, 0.3) is 0 Å². The van der Waals surface area contributed by atoms with Crippen molar-refractivity contribution in [3.05, 3.63) is 33.7 Å². The summed E-state index contributed by atoms with van der Waals surface area (Å²) in [6, 6.07) is 2.03. The molecular formula is C12H19NO. The molecule has 1 aromatic rings. The first-order valence-electron chi connectivity index (χ1n) is 5.22. The maximum Gasteiger partial charge on any atom is 0.251 e. The molecule has 78 valence electrons. The lowest BCUT2D eigenvalue weighted by Gasteiger charge is -2.08. The molecule has 14 heavy (non-hydrogen) atoms. The lowest BCUT2D eigenvalue weighted by Crippen LogP contribution is -2.14. The zero-order valence-electron chi connectivity index (χ0n) is 9.42. The number of H-pyrrole nitrogens is 1. The van der Waals surface area contributed by atoms with Crippen LogP contribution in [0.1, 0.15) is 44.7 Å². The number of rotatable bonds is 3. The van der Waals surface area contributed by atoms with Crippen LogP contribution in [-0.2, 0) is 6.42 Å². The largest absolute Gasteiger partial charge is 0.329 e. The van der Waals surface area contributed by atoms with Crippen molar-refractivity contribution < 1.29 is 0 Å². The van der Waals surface area contributed by atoms with E-state index in [1.165, 1.54) is 5.56 Å². The molecule has 0 aromatic carbocycles. The predicted octanol–water partition coefficient (Wildman–Crippen LogP) is 2.70. The average Bonchev–Trinajstić information content (AvgIpc) is 2.07. The van der Waals surface area contributed by atoms with Gasteiger partial charge in [0.05, 0.1) is 0 Å². The number of aromatic amines is 1. The highest BCUT2D eigenvalue weighted by atomic mass is 16.1. The summed E-state index contributed by atoms with van der Waals surface area (Å²) in [5.74, 6) is 0.923. The molecular weight excluding hydrogens is 174 g/mol. The number of hydrogen-bond donors (Lipinski definition) is 1. The van der Waals surface area contributed by atoms with E-state index < -0.39 is 0 Å². The minimum Gasteiger partial charge on any atom is -0.329 e. The van der Waals surface area contributed by atoms with Crippen LogP contribution < -0.4 is 5.56 Å². The van der Waals surface area contributed by atoms with E-state index in [0.29, 0.717) is 11.8 Å². The molecule has 0 atom stereocenters. The van der Waals surface area contributed by atoms with E-state index in [2.05, 4.69) is 18.8 Å². The quantitative estimate of drug-likeness (QED) is 0.786. The third kappa shape index (κ3) is 2.72. The van der Waals surface area contributed by atoms with Gasteiger partial charge < -0.3 is 4.98 Å². The van der Waals surface area contributed by atoms with E-state index in [-0.39, 0.29) is 5.56 Å². The summed E-state index contributed by atoms with van der Waals surface area (Å²) in [7, 11) is 0. The van der Waals surface area contributed by atoms with Gasteiger partial charge in [0, 0.05) is 11.8 Å². The Morgan fingerprint density at radius 2 is 1.93 bits per heavy atom. The summed E-state index contributed by atoms with van der Waals surface area (Å²) >= 11 is 0. The van der Waals surface area contributed by atoms with Crippen LogP contribution >= 0.6 is 0 Å². The van der Waals surface area contributed by atoms with Gasteiger partial charge in [-0.2, -0.15) is 0 Å². The fraction of sp³-hybridized carbons (Fsp3) is 0.583. The maximum absolute atomic E-state index is 11.4. The molecule has 0 saturated heterocycles. The molecule has 0 radical (unpaired) electrons. The molecule has 0 bridgehead atoms. The Kier molecular flexibility index (Phi) is 3.50. The Morgan fingerprint density at radius 1 is 1.29 bits per heavy atom. The van der Waals surface area contributed by atoms with E-state index in [1.54, 1.807) is 0 Å². The van der Waals surface area contributed by atoms with E-state index in [0.717, 1.165) is 12.0 Å². The summed E-state index contributed by atoms with van der Waals surface area (Å²) in [5, 5.41) is 0. The lowest BCUT2D eigenvalue weighted by atomic mass is 9.99. The lowest BCUT2D eigenvalue weighted by molar-refractivity contribution is 0.643. The minimum atomic E-state index is 0.0486. The Morgan fingerprint density at radius 3 is 2.43 bits per heavy atom. The average molecular weight is 193 g/mol. The third-order valence-corrected chi connectivity index (χ3v) is 2.26. The van der Waals surface area contributed by atoms with Crippen LogP contribution in [0.15, 0.2) is 17.1 Å². The van der Waals surface area contributed by atoms with Gasteiger partial charge in [-0.25, -0.2) is 0 Å². The minimum absolute atomic E-state index is 0.0486. The SMILES string of the molecule is CC(C)Cc1c[nH]c(=O)c(C(C)C)c1. The highest BCUT2D eigenvalue weighted by molar-refractivity contribution is 5.21. The van der Waals surface area contributed by atoms with Crippen molar-refractivity contribution in [3.8, 4) is 0 Å². The molecule has 0 aliphatic rings. The van der Waals surface area contributed by atoms with Crippen molar-refractivity contribution in [1.82, 2.24) is 4.98 Å². The smallest absolute Gasteiger partial charge is 0.251 e. The van der Waals surface area contributed by atoms with Crippen molar-refractivity contribution in [1.29, 1.82) is 0 Å². The van der Waals surface area contributed by atoms with E-state index in [1.807, 2.05) is 26.1 Å².